The zero-order chi connectivity index (χ0) is 23.9. The Morgan fingerprint density at radius 2 is 1.82 bits per heavy atom. The Bertz CT molecular complexity index is 1380. The Morgan fingerprint density at radius 3 is 2.42 bits per heavy atom. The first kappa shape index (κ1) is 22.7. The number of pyridine rings is 1. The van der Waals surface area contributed by atoms with Gasteiger partial charge >= 0.3 is 5.97 Å². The molecular formula is C25H25ClN4O3. The van der Waals surface area contributed by atoms with Crippen LogP contribution in [0.1, 0.15) is 39.8 Å². The van der Waals surface area contributed by atoms with Crippen LogP contribution in [0.3, 0.4) is 0 Å². The normalized spacial score (nSPS) is 11.2. The van der Waals surface area contributed by atoms with Gasteiger partial charge in [-0.2, -0.15) is 5.10 Å². The number of hydrogen-bond acceptors (Lipinski definition) is 5. The van der Waals surface area contributed by atoms with E-state index >= 15 is 0 Å². The Labute approximate surface area is 196 Å². The van der Waals surface area contributed by atoms with Crippen LogP contribution in [0.2, 0.25) is 5.02 Å². The van der Waals surface area contributed by atoms with Gasteiger partial charge in [-0.05, 0) is 51.0 Å². The molecule has 0 unspecified atom stereocenters. The summed E-state index contributed by atoms with van der Waals surface area (Å²) in [4.78, 5) is 30.4. The van der Waals surface area contributed by atoms with Gasteiger partial charge in [0.1, 0.15) is 5.65 Å². The van der Waals surface area contributed by atoms with Gasteiger partial charge in [0.25, 0.3) is 5.78 Å². The van der Waals surface area contributed by atoms with Crippen molar-refractivity contribution in [2.75, 3.05) is 6.61 Å². The zero-order valence-corrected chi connectivity index (χ0v) is 20.0. The van der Waals surface area contributed by atoms with Crippen molar-refractivity contribution >= 4 is 34.4 Å². The van der Waals surface area contributed by atoms with Crippen molar-refractivity contribution in [1.82, 2.24) is 19.3 Å². The number of ether oxygens (including phenoxy) is 1. The fourth-order valence-electron chi connectivity index (χ4n) is 4.19. The first-order valence-corrected chi connectivity index (χ1v) is 11.1. The molecule has 170 valence electrons. The lowest BCUT2D eigenvalue weighted by Crippen LogP contribution is -2.20. The zero-order valence-electron chi connectivity index (χ0n) is 19.3. The maximum Gasteiger partial charge on any atom is 0.379 e. The predicted molar refractivity (Wildman–Crippen MR) is 128 cm³/mol. The smallest absolute Gasteiger partial charge is 0.379 e. The number of nitrogens with zero attached hydrogens (tertiary/aromatic N) is 4. The fourth-order valence-corrected chi connectivity index (χ4v) is 4.32. The molecule has 0 N–H and O–H groups in total. The standard InChI is InChI=1S/C25H25ClN4O3/c1-6-33-25(32)23(31)21-15(3)28-24-20(22(21)18-7-9-19(26)10-8-18)14(2)16(4)30(24)13-17-11-27-29(5)12-17/h7-12H,6,13H2,1-5H3. The molecule has 0 bridgehead atoms. The van der Waals surface area contributed by atoms with Crippen molar-refractivity contribution in [2.24, 2.45) is 7.05 Å². The molecule has 0 atom stereocenters. The molecule has 33 heavy (non-hydrogen) atoms. The summed E-state index contributed by atoms with van der Waals surface area (Å²) in [5.74, 6) is -1.59. The van der Waals surface area contributed by atoms with Gasteiger partial charge in [0.15, 0.2) is 0 Å². The van der Waals surface area contributed by atoms with E-state index in [1.807, 2.05) is 45.4 Å². The third-order valence-corrected chi connectivity index (χ3v) is 6.11. The van der Waals surface area contributed by atoms with Crippen molar-refractivity contribution < 1.29 is 14.3 Å². The van der Waals surface area contributed by atoms with Gasteiger partial charge in [-0.15, -0.1) is 0 Å². The molecule has 3 heterocycles. The third-order valence-electron chi connectivity index (χ3n) is 5.86. The lowest BCUT2D eigenvalue weighted by atomic mass is 9.92. The molecule has 0 radical (unpaired) electrons. The van der Waals surface area contributed by atoms with Crippen LogP contribution in [0, 0.1) is 20.8 Å². The summed E-state index contributed by atoms with van der Waals surface area (Å²) in [5.41, 5.74) is 5.97. The van der Waals surface area contributed by atoms with Crippen LogP contribution >= 0.6 is 11.6 Å². The highest BCUT2D eigenvalue weighted by molar-refractivity contribution is 6.43. The SMILES string of the molecule is CCOC(=O)C(=O)c1c(C)nc2c(c(C)c(C)n2Cc2cnn(C)c2)c1-c1ccc(Cl)cc1. The van der Waals surface area contributed by atoms with Crippen molar-refractivity contribution in [3.05, 3.63) is 69.8 Å². The topological polar surface area (TPSA) is 79.0 Å². The van der Waals surface area contributed by atoms with Crippen LogP contribution in [0.4, 0.5) is 0 Å². The highest BCUT2D eigenvalue weighted by Crippen LogP contribution is 2.38. The molecule has 4 rings (SSSR count). The fraction of sp³-hybridized carbons (Fsp3) is 0.280. The number of aryl methyl sites for hydroxylation is 3. The number of benzene rings is 1. The highest BCUT2D eigenvalue weighted by atomic mass is 35.5. The minimum Gasteiger partial charge on any atom is -0.460 e. The molecule has 0 saturated carbocycles. The van der Waals surface area contributed by atoms with E-state index in [1.54, 1.807) is 30.7 Å². The molecule has 8 heteroatoms. The maximum atomic E-state index is 13.2. The Balaban J connectivity index is 2.04. The van der Waals surface area contributed by atoms with E-state index in [9.17, 15) is 9.59 Å². The van der Waals surface area contributed by atoms with E-state index in [0.29, 0.717) is 22.8 Å². The van der Waals surface area contributed by atoms with E-state index < -0.39 is 11.8 Å². The second-order valence-electron chi connectivity index (χ2n) is 8.02. The number of carbonyl (C=O) groups excluding carboxylic acids is 2. The number of esters is 1. The maximum absolute atomic E-state index is 13.2. The van der Waals surface area contributed by atoms with Gasteiger partial charge in [0, 0.05) is 40.5 Å². The van der Waals surface area contributed by atoms with Crippen molar-refractivity contribution in [3.63, 3.8) is 0 Å². The summed E-state index contributed by atoms with van der Waals surface area (Å²) in [5, 5.41) is 5.68. The van der Waals surface area contributed by atoms with E-state index in [2.05, 4.69) is 9.67 Å². The van der Waals surface area contributed by atoms with Gasteiger partial charge in [0.05, 0.1) is 30.6 Å². The first-order chi connectivity index (χ1) is 15.7. The van der Waals surface area contributed by atoms with Gasteiger partial charge in [0.2, 0.25) is 0 Å². The van der Waals surface area contributed by atoms with Gasteiger partial charge < -0.3 is 9.30 Å². The van der Waals surface area contributed by atoms with Crippen LogP contribution in [0.25, 0.3) is 22.2 Å². The molecule has 0 aliphatic heterocycles. The van der Waals surface area contributed by atoms with Crippen LogP contribution in [-0.2, 0) is 23.1 Å². The minimum atomic E-state index is -0.888. The quantitative estimate of drug-likeness (QED) is 0.232. The lowest BCUT2D eigenvalue weighted by Gasteiger charge is -2.15. The minimum absolute atomic E-state index is 0.120. The average molecular weight is 465 g/mol. The number of hydrogen-bond donors (Lipinski definition) is 0. The van der Waals surface area contributed by atoms with Crippen LogP contribution in [0.5, 0.6) is 0 Å². The molecule has 0 aliphatic carbocycles. The van der Waals surface area contributed by atoms with Crippen molar-refractivity contribution in [2.45, 2.75) is 34.2 Å². The largest absolute Gasteiger partial charge is 0.460 e. The monoisotopic (exact) mass is 464 g/mol. The first-order valence-electron chi connectivity index (χ1n) is 10.7. The molecule has 0 fully saturated rings. The number of rotatable bonds is 6. The number of halogens is 1. The molecule has 7 nitrogen and oxygen atoms in total. The van der Waals surface area contributed by atoms with E-state index in [4.69, 9.17) is 21.3 Å². The summed E-state index contributed by atoms with van der Waals surface area (Å²) >= 11 is 6.13. The summed E-state index contributed by atoms with van der Waals surface area (Å²) in [6.45, 7) is 8.16. The summed E-state index contributed by atoms with van der Waals surface area (Å²) < 4.78 is 8.90. The van der Waals surface area contributed by atoms with E-state index in [0.717, 1.165) is 33.4 Å². The van der Waals surface area contributed by atoms with Gasteiger partial charge in [-0.3, -0.25) is 9.48 Å². The molecule has 0 spiro atoms. The van der Waals surface area contributed by atoms with Crippen molar-refractivity contribution in [3.8, 4) is 11.1 Å². The number of Topliss-reactive ketones (excluding diaryl/α,β-unsaturated/α-hetero) is 1. The second-order valence-corrected chi connectivity index (χ2v) is 8.46. The summed E-state index contributed by atoms with van der Waals surface area (Å²) in [7, 11) is 1.88. The lowest BCUT2D eigenvalue weighted by molar-refractivity contribution is -0.137. The molecule has 4 aromatic rings. The Hall–Kier alpha value is -3.45. The molecular weight excluding hydrogens is 440 g/mol. The number of ketones is 1. The number of fused-ring (bicyclic) bond motifs is 1. The molecule has 0 saturated heterocycles. The van der Waals surface area contributed by atoms with Crippen LogP contribution in [0.15, 0.2) is 36.7 Å². The molecule has 0 aliphatic rings. The summed E-state index contributed by atoms with van der Waals surface area (Å²) in [6.07, 6.45) is 3.79. The summed E-state index contributed by atoms with van der Waals surface area (Å²) in [6, 6.07) is 7.25. The molecule has 3 aromatic heterocycles. The predicted octanol–water partition coefficient (Wildman–Crippen LogP) is 4.81. The Kier molecular flexibility index (Phi) is 6.08. The third kappa shape index (κ3) is 4.04. The Morgan fingerprint density at radius 1 is 1.12 bits per heavy atom. The van der Waals surface area contributed by atoms with E-state index in [1.165, 1.54) is 0 Å². The van der Waals surface area contributed by atoms with Crippen LogP contribution in [-0.4, -0.2) is 37.7 Å². The average Bonchev–Trinajstić information content (AvgIpc) is 3.29. The molecule has 1 aromatic carbocycles. The number of carbonyl (C=O) groups is 2. The van der Waals surface area contributed by atoms with Crippen molar-refractivity contribution in [1.29, 1.82) is 0 Å². The van der Waals surface area contributed by atoms with E-state index in [-0.39, 0.29) is 12.2 Å². The number of aromatic nitrogens is 4. The van der Waals surface area contributed by atoms with Crippen LogP contribution < -0.4 is 0 Å². The molecule has 0 amide bonds. The highest BCUT2D eigenvalue weighted by Gasteiger charge is 2.29. The second kappa shape index (κ2) is 8.83. The van der Waals surface area contributed by atoms with Gasteiger partial charge in [-0.25, -0.2) is 9.78 Å². The van der Waals surface area contributed by atoms with Gasteiger partial charge in [-0.1, -0.05) is 23.7 Å².